The van der Waals surface area contributed by atoms with E-state index in [1.165, 1.54) is 0 Å². The van der Waals surface area contributed by atoms with Gasteiger partial charge in [-0.05, 0) is 26.2 Å². The number of aliphatic hydroxyl groups is 2. The van der Waals surface area contributed by atoms with Gasteiger partial charge in [-0.15, -0.1) is 0 Å². The Kier molecular flexibility index (Phi) is 8.14. The third-order valence-corrected chi connectivity index (χ3v) is 2.68. The SMILES string of the molecule is CCC(CC)N(CCO)CCC(C)O. The van der Waals surface area contributed by atoms with Crippen LogP contribution in [0, 0.1) is 0 Å². The molecule has 0 aliphatic heterocycles. The normalized spacial score (nSPS) is 13.9. The van der Waals surface area contributed by atoms with Crippen LogP contribution in [0.1, 0.15) is 40.0 Å². The summed E-state index contributed by atoms with van der Waals surface area (Å²) in [6, 6.07) is 0.542. The fourth-order valence-electron chi connectivity index (χ4n) is 1.76. The average molecular weight is 203 g/mol. The molecule has 1 unspecified atom stereocenters. The van der Waals surface area contributed by atoms with Crippen LogP contribution in [-0.2, 0) is 0 Å². The summed E-state index contributed by atoms with van der Waals surface area (Å²) >= 11 is 0. The van der Waals surface area contributed by atoms with Crippen LogP contribution in [-0.4, -0.2) is 47.0 Å². The number of hydrogen-bond donors (Lipinski definition) is 2. The topological polar surface area (TPSA) is 43.7 Å². The number of nitrogens with zero attached hydrogens (tertiary/aromatic N) is 1. The highest BCUT2D eigenvalue weighted by Crippen LogP contribution is 2.09. The zero-order chi connectivity index (χ0) is 11.0. The first-order valence-electron chi connectivity index (χ1n) is 5.68. The van der Waals surface area contributed by atoms with Gasteiger partial charge in [0.1, 0.15) is 0 Å². The maximum atomic E-state index is 9.21. The molecule has 0 rings (SSSR count). The molecule has 0 fully saturated rings. The lowest BCUT2D eigenvalue weighted by molar-refractivity contribution is 0.111. The molecule has 0 spiro atoms. The van der Waals surface area contributed by atoms with Crippen molar-refractivity contribution in [2.24, 2.45) is 0 Å². The van der Waals surface area contributed by atoms with Gasteiger partial charge >= 0.3 is 0 Å². The molecule has 1 atom stereocenters. The molecule has 86 valence electrons. The minimum absolute atomic E-state index is 0.205. The van der Waals surface area contributed by atoms with Gasteiger partial charge in [0.25, 0.3) is 0 Å². The summed E-state index contributed by atoms with van der Waals surface area (Å²) in [6.45, 7) is 7.95. The quantitative estimate of drug-likeness (QED) is 0.624. The van der Waals surface area contributed by atoms with Crippen LogP contribution in [0.15, 0.2) is 0 Å². The van der Waals surface area contributed by atoms with Crippen LogP contribution in [0.3, 0.4) is 0 Å². The predicted molar refractivity (Wildman–Crippen MR) is 59.3 cm³/mol. The van der Waals surface area contributed by atoms with Crippen molar-refractivity contribution in [2.45, 2.75) is 52.2 Å². The van der Waals surface area contributed by atoms with Gasteiger partial charge in [0, 0.05) is 19.1 Å². The maximum Gasteiger partial charge on any atom is 0.0558 e. The van der Waals surface area contributed by atoms with Gasteiger partial charge in [-0.2, -0.15) is 0 Å². The van der Waals surface area contributed by atoms with E-state index in [1.54, 1.807) is 0 Å². The Hall–Kier alpha value is -0.120. The van der Waals surface area contributed by atoms with Crippen molar-refractivity contribution < 1.29 is 10.2 Å². The van der Waals surface area contributed by atoms with E-state index in [-0.39, 0.29) is 12.7 Å². The van der Waals surface area contributed by atoms with E-state index in [0.717, 1.165) is 32.4 Å². The molecule has 0 aliphatic rings. The van der Waals surface area contributed by atoms with Crippen LogP contribution < -0.4 is 0 Å². The summed E-state index contributed by atoms with van der Waals surface area (Å²) in [5.74, 6) is 0. The number of rotatable bonds is 8. The van der Waals surface area contributed by atoms with Crippen molar-refractivity contribution in [3.05, 3.63) is 0 Å². The Morgan fingerprint density at radius 1 is 1.14 bits per heavy atom. The summed E-state index contributed by atoms with van der Waals surface area (Å²) < 4.78 is 0. The molecule has 0 aliphatic carbocycles. The van der Waals surface area contributed by atoms with Crippen molar-refractivity contribution in [3.63, 3.8) is 0 Å². The van der Waals surface area contributed by atoms with E-state index in [4.69, 9.17) is 5.11 Å². The van der Waals surface area contributed by atoms with Crippen molar-refractivity contribution in [1.29, 1.82) is 0 Å². The number of aliphatic hydroxyl groups excluding tert-OH is 2. The van der Waals surface area contributed by atoms with Crippen molar-refractivity contribution in [1.82, 2.24) is 4.90 Å². The third kappa shape index (κ3) is 5.58. The zero-order valence-electron chi connectivity index (χ0n) is 9.74. The molecule has 0 saturated heterocycles. The van der Waals surface area contributed by atoms with E-state index in [0.29, 0.717) is 6.04 Å². The summed E-state index contributed by atoms with van der Waals surface area (Å²) in [4.78, 5) is 2.27. The van der Waals surface area contributed by atoms with E-state index in [9.17, 15) is 5.11 Å². The van der Waals surface area contributed by atoms with Crippen molar-refractivity contribution in [2.75, 3.05) is 19.7 Å². The molecule has 0 radical (unpaired) electrons. The highest BCUT2D eigenvalue weighted by Gasteiger charge is 2.14. The Morgan fingerprint density at radius 2 is 1.71 bits per heavy atom. The molecule has 0 aromatic carbocycles. The van der Waals surface area contributed by atoms with E-state index in [2.05, 4.69) is 18.7 Å². The first kappa shape index (κ1) is 13.9. The van der Waals surface area contributed by atoms with Gasteiger partial charge in [0.15, 0.2) is 0 Å². The lowest BCUT2D eigenvalue weighted by Gasteiger charge is -2.30. The van der Waals surface area contributed by atoms with Gasteiger partial charge in [-0.1, -0.05) is 13.8 Å². The Balaban J connectivity index is 3.98. The molecule has 0 saturated carbocycles. The summed E-state index contributed by atoms with van der Waals surface area (Å²) in [5, 5.41) is 18.1. The van der Waals surface area contributed by atoms with Crippen LogP contribution in [0.4, 0.5) is 0 Å². The number of hydrogen-bond acceptors (Lipinski definition) is 3. The van der Waals surface area contributed by atoms with Gasteiger partial charge in [-0.3, -0.25) is 4.90 Å². The summed E-state index contributed by atoms with van der Waals surface area (Å²) in [6.07, 6.45) is 2.76. The molecule has 0 heterocycles. The van der Waals surface area contributed by atoms with E-state index in [1.807, 2.05) is 6.92 Å². The highest BCUT2D eigenvalue weighted by atomic mass is 16.3. The lowest BCUT2D eigenvalue weighted by Crippen LogP contribution is -2.38. The molecule has 0 amide bonds. The van der Waals surface area contributed by atoms with Crippen LogP contribution in [0.5, 0.6) is 0 Å². The highest BCUT2D eigenvalue weighted by molar-refractivity contribution is 4.69. The molecule has 0 aromatic rings. The average Bonchev–Trinajstić information content (AvgIpc) is 2.15. The van der Waals surface area contributed by atoms with Gasteiger partial charge in [-0.25, -0.2) is 0 Å². The van der Waals surface area contributed by atoms with Gasteiger partial charge in [0.05, 0.1) is 12.7 Å². The van der Waals surface area contributed by atoms with Crippen LogP contribution >= 0.6 is 0 Å². The summed E-state index contributed by atoms with van der Waals surface area (Å²) in [7, 11) is 0. The van der Waals surface area contributed by atoms with Crippen LogP contribution in [0.2, 0.25) is 0 Å². The van der Waals surface area contributed by atoms with Crippen molar-refractivity contribution >= 4 is 0 Å². The predicted octanol–water partition coefficient (Wildman–Crippen LogP) is 1.24. The Bertz CT molecular complexity index is 124. The fourth-order valence-corrected chi connectivity index (χ4v) is 1.76. The first-order valence-corrected chi connectivity index (χ1v) is 5.68. The molecule has 2 N–H and O–H groups in total. The Labute approximate surface area is 87.7 Å². The first-order chi connectivity index (χ1) is 6.65. The largest absolute Gasteiger partial charge is 0.395 e. The molecule has 3 heteroatoms. The monoisotopic (exact) mass is 203 g/mol. The third-order valence-electron chi connectivity index (χ3n) is 2.68. The molecule has 14 heavy (non-hydrogen) atoms. The Morgan fingerprint density at radius 3 is 2.07 bits per heavy atom. The molecule has 0 aromatic heterocycles. The minimum Gasteiger partial charge on any atom is -0.395 e. The van der Waals surface area contributed by atoms with Gasteiger partial charge in [0.2, 0.25) is 0 Å². The minimum atomic E-state index is -0.245. The lowest BCUT2D eigenvalue weighted by atomic mass is 10.1. The standard InChI is InChI=1S/C11H25NO2/c1-4-11(5-2)12(8-9-13)7-6-10(3)14/h10-11,13-14H,4-9H2,1-3H3. The van der Waals surface area contributed by atoms with Crippen molar-refractivity contribution in [3.8, 4) is 0 Å². The van der Waals surface area contributed by atoms with Gasteiger partial charge < -0.3 is 10.2 Å². The molecule has 0 bridgehead atoms. The second-order valence-electron chi connectivity index (χ2n) is 3.87. The van der Waals surface area contributed by atoms with E-state index < -0.39 is 0 Å². The maximum absolute atomic E-state index is 9.21. The molecular formula is C11H25NO2. The second-order valence-corrected chi connectivity index (χ2v) is 3.87. The summed E-state index contributed by atoms with van der Waals surface area (Å²) in [5.41, 5.74) is 0. The molecule has 3 nitrogen and oxygen atoms in total. The van der Waals surface area contributed by atoms with Crippen LogP contribution in [0.25, 0.3) is 0 Å². The van der Waals surface area contributed by atoms with E-state index >= 15 is 0 Å². The molecular weight excluding hydrogens is 178 g/mol. The zero-order valence-corrected chi connectivity index (χ0v) is 9.74. The smallest absolute Gasteiger partial charge is 0.0558 e. The second kappa shape index (κ2) is 8.21. The fraction of sp³-hybridized carbons (Fsp3) is 1.00.